The zero-order valence-electron chi connectivity index (χ0n) is 14.0. The summed E-state index contributed by atoms with van der Waals surface area (Å²) in [5.41, 5.74) is 3.11. The lowest BCUT2D eigenvalue weighted by Gasteiger charge is -2.38. The monoisotopic (exact) mass is 345 g/mol. The molecular weight excluding hydrogens is 322 g/mol. The molecule has 6 heteroatoms. The largest absolute Gasteiger partial charge is 0.472 e. The molecule has 1 unspecified atom stereocenters. The zero-order valence-corrected chi connectivity index (χ0v) is 14.8. The van der Waals surface area contributed by atoms with Crippen molar-refractivity contribution >= 4 is 11.3 Å². The van der Waals surface area contributed by atoms with Crippen molar-refractivity contribution in [1.82, 2.24) is 14.9 Å². The van der Waals surface area contributed by atoms with Crippen molar-refractivity contribution < 1.29 is 9.47 Å². The first-order valence-corrected chi connectivity index (χ1v) is 9.43. The highest BCUT2D eigenvalue weighted by molar-refractivity contribution is 7.09. The summed E-state index contributed by atoms with van der Waals surface area (Å²) in [5, 5.41) is 0. The van der Waals surface area contributed by atoms with Gasteiger partial charge in [0.25, 0.3) is 0 Å². The summed E-state index contributed by atoms with van der Waals surface area (Å²) in [6.07, 6.45) is 5.01. The molecule has 5 nitrogen and oxygen atoms in total. The van der Waals surface area contributed by atoms with E-state index in [1.54, 1.807) is 17.5 Å². The molecule has 2 aliphatic rings. The first-order chi connectivity index (χ1) is 11.7. The molecule has 4 rings (SSSR count). The number of rotatable bonds is 4. The molecule has 2 aromatic heterocycles. The van der Waals surface area contributed by atoms with Gasteiger partial charge in [-0.25, -0.2) is 9.97 Å². The maximum Gasteiger partial charge on any atom is 0.213 e. The number of aromatic nitrogens is 2. The first-order valence-electron chi connectivity index (χ1n) is 8.55. The molecule has 0 aromatic carbocycles. The van der Waals surface area contributed by atoms with E-state index in [9.17, 15) is 0 Å². The number of piperidine rings is 1. The van der Waals surface area contributed by atoms with Crippen LogP contribution in [0.4, 0.5) is 0 Å². The van der Waals surface area contributed by atoms with Crippen molar-refractivity contribution in [3.63, 3.8) is 0 Å². The van der Waals surface area contributed by atoms with Crippen molar-refractivity contribution in [2.24, 2.45) is 0 Å². The Morgan fingerprint density at radius 1 is 1.33 bits per heavy atom. The van der Waals surface area contributed by atoms with Gasteiger partial charge < -0.3 is 9.47 Å². The number of hydrogen-bond acceptors (Lipinski definition) is 6. The second kappa shape index (κ2) is 6.78. The number of aryl methyl sites for hydroxylation is 1. The van der Waals surface area contributed by atoms with Crippen LogP contribution in [-0.2, 0) is 11.3 Å². The van der Waals surface area contributed by atoms with Crippen LogP contribution in [0.1, 0.15) is 29.8 Å². The Balaban J connectivity index is 1.30. The van der Waals surface area contributed by atoms with Crippen molar-refractivity contribution in [2.75, 3.05) is 19.7 Å². The minimum absolute atomic E-state index is 0.00130. The molecule has 2 aromatic rings. The number of nitrogens with zero attached hydrogens (tertiary/aromatic N) is 3. The second-order valence-electron chi connectivity index (χ2n) is 6.74. The van der Waals surface area contributed by atoms with Gasteiger partial charge in [0.1, 0.15) is 6.10 Å². The maximum absolute atomic E-state index is 6.18. The number of thiazole rings is 1. The lowest BCUT2D eigenvalue weighted by Crippen LogP contribution is -2.44. The Bertz CT molecular complexity index is 668. The highest BCUT2D eigenvalue weighted by Gasteiger charge is 2.43. The van der Waals surface area contributed by atoms with E-state index in [0.29, 0.717) is 12.5 Å². The predicted octanol–water partition coefficient (Wildman–Crippen LogP) is 3.05. The molecule has 1 spiro atoms. The number of hydrogen-bond donors (Lipinski definition) is 0. The molecule has 0 bridgehead atoms. The van der Waals surface area contributed by atoms with Crippen molar-refractivity contribution in [2.45, 2.75) is 44.4 Å². The Hall–Kier alpha value is -1.50. The minimum Gasteiger partial charge on any atom is -0.472 e. The van der Waals surface area contributed by atoms with E-state index < -0.39 is 0 Å². The highest BCUT2D eigenvalue weighted by Crippen LogP contribution is 2.37. The van der Waals surface area contributed by atoms with Gasteiger partial charge in [-0.3, -0.25) is 4.90 Å². The molecule has 2 fully saturated rings. The fourth-order valence-electron chi connectivity index (χ4n) is 3.61. The van der Waals surface area contributed by atoms with Crippen LogP contribution in [0.25, 0.3) is 0 Å². The molecule has 128 valence electrons. The van der Waals surface area contributed by atoms with E-state index in [1.165, 1.54) is 10.6 Å². The fraction of sp³-hybridized carbons (Fsp3) is 0.556. The lowest BCUT2D eigenvalue weighted by molar-refractivity contribution is -0.0453. The van der Waals surface area contributed by atoms with Crippen LogP contribution in [0.2, 0.25) is 0 Å². The quantitative estimate of drug-likeness (QED) is 0.852. The second-order valence-corrected chi connectivity index (χ2v) is 7.68. The smallest absolute Gasteiger partial charge is 0.213 e. The molecule has 0 N–H and O–H groups in total. The predicted molar refractivity (Wildman–Crippen MR) is 93.3 cm³/mol. The van der Waals surface area contributed by atoms with Gasteiger partial charge in [0.2, 0.25) is 5.88 Å². The highest BCUT2D eigenvalue weighted by atomic mass is 32.1. The molecule has 2 aliphatic heterocycles. The topological polar surface area (TPSA) is 47.5 Å². The van der Waals surface area contributed by atoms with Crippen LogP contribution in [0.3, 0.4) is 0 Å². The average Bonchev–Trinajstić information content (AvgIpc) is 3.18. The molecular formula is C18H23N3O2S. The van der Waals surface area contributed by atoms with E-state index in [1.807, 2.05) is 23.7 Å². The van der Waals surface area contributed by atoms with Crippen LogP contribution in [0.15, 0.2) is 29.9 Å². The van der Waals surface area contributed by atoms with Gasteiger partial charge in [-0.1, -0.05) is 6.07 Å². The molecule has 0 amide bonds. The van der Waals surface area contributed by atoms with E-state index in [0.717, 1.165) is 38.9 Å². The van der Waals surface area contributed by atoms with E-state index in [-0.39, 0.29) is 11.7 Å². The minimum atomic E-state index is -0.00130. The van der Waals surface area contributed by atoms with E-state index in [4.69, 9.17) is 9.47 Å². The normalized spacial score (nSPS) is 23.6. The van der Waals surface area contributed by atoms with Crippen LogP contribution in [0.5, 0.6) is 5.88 Å². The zero-order chi connectivity index (χ0) is 16.4. The summed E-state index contributed by atoms with van der Waals surface area (Å²) in [4.78, 5) is 12.5. The standard InChI is InChI=1S/C18H23N3O2S/c1-14-16(24-13-20-14)11-21-8-5-18(6-9-21)10-15(12-22-18)23-17-4-2-3-7-19-17/h2-4,7,13,15H,5-6,8-12H2,1H3. The van der Waals surface area contributed by atoms with Crippen molar-refractivity contribution in [1.29, 1.82) is 0 Å². The van der Waals surface area contributed by atoms with Gasteiger partial charge in [-0.15, -0.1) is 11.3 Å². The summed E-state index contributed by atoms with van der Waals surface area (Å²) in [5.74, 6) is 0.696. The molecule has 0 saturated carbocycles. The van der Waals surface area contributed by atoms with Crippen LogP contribution in [0, 0.1) is 6.92 Å². The Morgan fingerprint density at radius 3 is 2.92 bits per heavy atom. The molecule has 0 aliphatic carbocycles. The molecule has 2 saturated heterocycles. The van der Waals surface area contributed by atoms with Gasteiger partial charge >= 0.3 is 0 Å². The Kier molecular flexibility index (Phi) is 4.52. The number of ether oxygens (including phenoxy) is 2. The van der Waals surface area contributed by atoms with E-state index >= 15 is 0 Å². The first kappa shape index (κ1) is 16.0. The summed E-state index contributed by atoms with van der Waals surface area (Å²) in [7, 11) is 0. The molecule has 1 atom stereocenters. The van der Waals surface area contributed by atoms with Gasteiger partial charge in [0.05, 0.1) is 23.4 Å². The third kappa shape index (κ3) is 3.45. The van der Waals surface area contributed by atoms with E-state index in [2.05, 4.69) is 21.8 Å². The lowest BCUT2D eigenvalue weighted by atomic mass is 9.88. The van der Waals surface area contributed by atoms with Crippen molar-refractivity contribution in [3.05, 3.63) is 40.5 Å². The maximum atomic E-state index is 6.18. The van der Waals surface area contributed by atoms with Gasteiger partial charge in [0.15, 0.2) is 0 Å². The SMILES string of the molecule is Cc1ncsc1CN1CCC2(CC1)CC(Oc1ccccn1)CO2. The fourth-order valence-corrected chi connectivity index (χ4v) is 4.43. The summed E-state index contributed by atoms with van der Waals surface area (Å²) in [6.45, 7) is 5.93. The Morgan fingerprint density at radius 2 is 2.21 bits per heavy atom. The molecule has 0 radical (unpaired) electrons. The summed E-state index contributed by atoms with van der Waals surface area (Å²) in [6, 6.07) is 5.76. The summed E-state index contributed by atoms with van der Waals surface area (Å²) >= 11 is 1.76. The van der Waals surface area contributed by atoms with Crippen LogP contribution in [-0.4, -0.2) is 46.3 Å². The van der Waals surface area contributed by atoms with Crippen LogP contribution < -0.4 is 4.74 Å². The molecule has 4 heterocycles. The third-order valence-corrected chi connectivity index (χ3v) is 6.00. The van der Waals surface area contributed by atoms with Gasteiger partial charge in [-0.05, 0) is 25.8 Å². The average molecular weight is 345 g/mol. The van der Waals surface area contributed by atoms with Gasteiger partial charge in [-0.2, -0.15) is 0 Å². The third-order valence-electron chi connectivity index (χ3n) is 5.08. The van der Waals surface area contributed by atoms with Crippen LogP contribution >= 0.6 is 11.3 Å². The summed E-state index contributed by atoms with van der Waals surface area (Å²) < 4.78 is 12.2. The Labute approximate surface area is 146 Å². The van der Waals surface area contributed by atoms with Gasteiger partial charge in [0, 0.05) is 43.2 Å². The number of likely N-dealkylation sites (tertiary alicyclic amines) is 1. The number of pyridine rings is 1. The molecule has 24 heavy (non-hydrogen) atoms. The van der Waals surface area contributed by atoms with Crippen molar-refractivity contribution in [3.8, 4) is 5.88 Å².